The molecule has 0 radical (unpaired) electrons. The summed E-state index contributed by atoms with van der Waals surface area (Å²) in [6.45, 7) is 0.591. The van der Waals surface area contributed by atoms with Gasteiger partial charge >= 0.3 is 6.03 Å². The normalized spacial score (nSPS) is 10.9. The number of hydrogen-bond acceptors (Lipinski definition) is 2. The second-order valence-electron chi connectivity index (χ2n) is 6.21. The Balaban J connectivity index is 1.30. The van der Waals surface area contributed by atoms with Gasteiger partial charge in [0.2, 0.25) is 0 Å². The lowest BCUT2D eigenvalue weighted by atomic mass is 10.1. The highest BCUT2D eigenvalue weighted by atomic mass is 16.2. The van der Waals surface area contributed by atoms with Gasteiger partial charge < -0.3 is 15.6 Å². The number of rotatable bonds is 5. The van der Waals surface area contributed by atoms with Crippen LogP contribution in [0.3, 0.4) is 0 Å². The third kappa shape index (κ3) is 3.52. The minimum absolute atomic E-state index is 0.189. The van der Waals surface area contributed by atoms with Crippen molar-refractivity contribution in [3.63, 3.8) is 0 Å². The highest BCUT2D eigenvalue weighted by Crippen LogP contribution is 2.22. The number of aromatic amines is 1. The van der Waals surface area contributed by atoms with Crippen molar-refractivity contribution in [3.8, 4) is 0 Å². The number of hydrogen-bond donors (Lipinski definition) is 3. The molecule has 1 aromatic heterocycles. The summed E-state index contributed by atoms with van der Waals surface area (Å²) in [6, 6.07) is 21.7. The second kappa shape index (κ2) is 7.27. The van der Waals surface area contributed by atoms with Crippen LogP contribution in [0, 0.1) is 0 Å². The number of fused-ring (bicyclic) bond motifs is 2. The summed E-state index contributed by atoms with van der Waals surface area (Å²) in [4.78, 5) is 20.0. The van der Waals surface area contributed by atoms with Crippen molar-refractivity contribution in [2.45, 2.75) is 12.8 Å². The van der Waals surface area contributed by atoms with Crippen molar-refractivity contribution in [2.75, 3.05) is 11.9 Å². The van der Waals surface area contributed by atoms with Gasteiger partial charge in [0.05, 0.1) is 16.7 Å². The van der Waals surface area contributed by atoms with E-state index in [1.54, 1.807) is 0 Å². The molecule has 0 atom stereocenters. The number of anilines is 1. The molecule has 0 saturated heterocycles. The summed E-state index contributed by atoms with van der Waals surface area (Å²) in [6.07, 6.45) is 1.62. The number of nitrogens with zero attached hydrogens (tertiary/aromatic N) is 1. The highest BCUT2D eigenvalue weighted by molar-refractivity contribution is 6.01. The third-order valence-corrected chi connectivity index (χ3v) is 4.35. The number of benzene rings is 3. The molecular weight excluding hydrogens is 324 g/mol. The van der Waals surface area contributed by atoms with E-state index in [1.165, 1.54) is 0 Å². The predicted molar refractivity (Wildman–Crippen MR) is 105 cm³/mol. The van der Waals surface area contributed by atoms with Gasteiger partial charge in [0.15, 0.2) is 0 Å². The molecule has 0 aliphatic heterocycles. The molecule has 2 amide bonds. The van der Waals surface area contributed by atoms with Crippen molar-refractivity contribution in [1.29, 1.82) is 0 Å². The number of carbonyl (C=O) groups is 1. The Labute approximate surface area is 151 Å². The first kappa shape index (κ1) is 16.1. The maximum absolute atomic E-state index is 12.2. The number of aromatic nitrogens is 2. The first-order chi connectivity index (χ1) is 12.8. The molecule has 26 heavy (non-hydrogen) atoms. The lowest BCUT2D eigenvalue weighted by Crippen LogP contribution is -2.29. The first-order valence-electron chi connectivity index (χ1n) is 8.76. The molecule has 0 fully saturated rings. The van der Waals surface area contributed by atoms with Gasteiger partial charge in [-0.15, -0.1) is 0 Å². The van der Waals surface area contributed by atoms with Gasteiger partial charge in [-0.3, -0.25) is 0 Å². The van der Waals surface area contributed by atoms with Gasteiger partial charge in [0.1, 0.15) is 5.82 Å². The number of H-pyrrole nitrogens is 1. The smallest absolute Gasteiger partial charge is 0.319 e. The number of aryl methyl sites for hydroxylation is 1. The van der Waals surface area contributed by atoms with Gasteiger partial charge in [-0.2, -0.15) is 0 Å². The summed E-state index contributed by atoms with van der Waals surface area (Å²) in [5.41, 5.74) is 2.84. The molecular formula is C21H20N4O. The molecule has 4 aromatic rings. The van der Waals surface area contributed by atoms with Crippen molar-refractivity contribution >= 4 is 33.5 Å². The zero-order chi connectivity index (χ0) is 17.8. The minimum atomic E-state index is -0.189. The molecule has 0 aliphatic carbocycles. The van der Waals surface area contributed by atoms with Gasteiger partial charge in [0.25, 0.3) is 0 Å². The molecule has 3 aromatic carbocycles. The van der Waals surface area contributed by atoms with Gasteiger partial charge in [0, 0.05) is 18.4 Å². The average Bonchev–Trinajstić information content (AvgIpc) is 3.08. The van der Waals surface area contributed by atoms with Crippen LogP contribution in [0.2, 0.25) is 0 Å². The maximum Gasteiger partial charge on any atom is 0.319 e. The lowest BCUT2D eigenvalue weighted by Gasteiger charge is -2.10. The van der Waals surface area contributed by atoms with E-state index >= 15 is 0 Å². The topological polar surface area (TPSA) is 69.8 Å². The Hall–Kier alpha value is -3.34. The summed E-state index contributed by atoms with van der Waals surface area (Å²) < 4.78 is 0. The zero-order valence-electron chi connectivity index (χ0n) is 14.3. The van der Waals surface area contributed by atoms with E-state index in [-0.39, 0.29) is 6.03 Å². The van der Waals surface area contributed by atoms with E-state index in [1.807, 2.05) is 66.7 Å². The third-order valence-electron chi connectivity index (χ3n) is 4.35. The summed E-state index contributed by atoms with van der Waals surface area (Å²) in [5.74, 6) is 0.947. The standard InChI is InChI=1S/C21H20N4O/c26-21(25-17-12-5-8-15-7-1-2-9-16(15)17)22-14-6-13-20-23-18-10-3-4-11-19(18)24-20/h1-5,7-12H,6,13-14H2,(H,23,24)(H2,22,25,26). The molecule has 130 valence electrons. The maximum atomic E-state index is 12.2. The minimum Gasteiger partial charge on any atom is -0.342 e. The molecule has 0 spiro atoms. The molecule has 1 heterocycles. The van der Waals surface area contributed by atoms with E-state index in [0.717, 1.165) is 46.2 Å². The fourth-order valence-electron chi connectivity index (χ4n) is 3.08. The lowest BCUT2D eigenvalue weighted by molar-refractivity contribution is 0.252. The van der Waals surface area contributed by atoms with E-state index in [0.29, 0.717) is 6.54 Å². The molecule has 0 bridgehead atoms. The van der Waals surface area contributed by atoms with Crippen LogP contribution in [0.15, 0.2) is 66.7 Å². The Bertz CT molecular complexity index is 1020. The number of imidazole rings is 1. The largest absolute Gasteiger partial charge is 0.342 e. The van der Waals surface area contributed by atoms with Crippen LogP contribution in [0.1, 0.15) is 12.2 Å². The molecule has 5 heteroatoms. The predicted octanol–water partition coefficient (Wildman–Crippen LogP) is 4.47. The monoisotopic (exact) mass is 344 g/mol. The second-order valence-corrected chi connectivity index (χ2v) is 6.21. The van der Waals surface area contributed by atoms with Crippen LogP contribution < -0.4 is 10.6 Å². The van der Waals surface area contributed by atoms with Crippen molar-refractivity contribution in [3.05, 3.63) is 72.6 Å². The quantitative estimate of drug-likeness (QED) is 0.468. The highest BCUT2D eigenvalue weighted by Gasteiger charge is 2.06. The van der Waals surface area contributed by atoms with Gasteiger partial charge in [-0.1, -0.05) is 48.5 Å². The fourth-order valence-corrected chi connectivity index (χ4v) is 3.08. The van der Waals surface area contributed by atoms with Crippen LogP contribution in [0.4, 0.5) is 10.5 Å². The Morgan fingerprint density at radius 1 is 0.962 bits per heavy atom. The Kier molecular flexibility index (Phi) is 4.51. The van der Waals surface area contributed by atoms with Crippen molar-refractivity contribution in [1.82, 2.24) is 15.3 Å². The van der Waals surface area contributed by atoms with Crippen LogP contribution in [0.25, 0.3) is 21.8 Å². The van der Waals surface area contributed by atoms with Crippen molar-refractivity contribution < 1.29 is 4.79 Å². The number of carbonyl (C=O) groups excluding carboxylic acids is 1. The van der Waals surface area contributed by atoms with E-state index in [9.17, 15) is 4.79 Å². The SMILES string of the molecule is O=C(NCCCc1nc2ccccc2[nH]1)Nc1cccc2ccccc12. The van der Waals surface area contributed by atoms with Crippen molar-refractivity contribution in [2.24, 2.45) is 0 Å². The number of para-hydroxylation sites is 2. The summed E-state index contributed by atoms with van der Waals surface area (Å²) in [7, 11) is 0. The average molecular weight is 344 g/mol. The van der Waals surface area contributed by atoms with Crippen LogP contribution >= 0.6 is 0 Å². The number of amides is 2. The fraction of sp³-hybridized carbons (Fsp3) is 0.143. The molecule has 0 saturated carbocycles. The molecule has 0 aliphatic rings. The van der Waals surface area contributed by atoms with E-state index in [2.05, 4.69) is 20.6 Å². The molecule has 4 rings (SSSR count). The van der Waals surface area contributed by atoms with Crippen LogP contribution in [0.5, 0.6) is 0 Å². The molecule has 3 N–H and O–H groups in total. The molecule has 0 unspecified atom stereocenters. The van der Waals surface area contributed by atoms with Crippen LogP contribution in [-0.2, 0) is 6.42 Å². The first-order valence-corrected chi connectivity index (χ1v) is 8.76. The summed E-state index contributed by atoms with van der Waals surface area (Å²) in [5, 5.41) is 7.98. The Morgan fingerprint density at radius 2 is 1.77 bits per heavy atom. The zero-order valence-corrected chi connectivity index (χ0v) is 14.3. The number of urea groups is 1. The Morgan fingerprint density at radius 3 is 2.69 bits per heavy atom. The van der Waals surface area contributed by atoms with Crippen LogP contribution in [-0.4, -0.2) is 22.5 Å². The number of nitrogens with one attached hydrogen (secondary N) is 3. The molecule has 5 nitrogen and oxygen atoms in total. The van der Waals surface area contributed by atoms with E-state index in [4.69, 9.17) is 0 Å². The summed E-state index contributed by atoms with van der Waals surface area (Å²) >= 11 is 0. The van der Waals surface area contributed by atoms with Gasteiger partial charge in [-0.05, 0) is 30.0 Å². The van der Waals surface area contributed by atoms with E-state index < -0.39 is 0 Å². The van der Waals surface area contributed by atoms with Gasteiger partial charge in [-0.25, -0.2) is 9.78 Å².